The lowest BCUT2D eigenvalue weighted by Crippen LogP contribution is -2.27. The zero-order valence-electron chi connectivity index (χ0n) is 9.03. The van der Waals surface area contributed by atoms with Crippen molar-refractivity contribution >= 4 is 12.0 Å². The lowest BCUT2D eigenvalue weighted by Gasteiger charge is -2.19. The van der Waals surface area contributed by atoms with Crippen LogP contribution in [0.15, 0.2) is 16.7 Å². The fraction of sp³-hybridized carbons (Fsp3) is 0.500. The summed E-state index contributed by atoms with van der Waals surface area (Å²) in [7, 11) is 0. The topological polar surface area (TPSA) is 71.7 Å². The van der Waals surface area contributed by atoms with Gasteiger partial charge in [-0.15, -0.1) is 0 Å². The number of amides is 1. The van der Waals surface area contributed by atoms with Gasteiger partial charge in [-0.05, 0) is 26.8 Å². The minimum Gasteiger partial charge on any atom is -0.448 e. The molecule has 1 rings (SSSR count). The third kappa shape index (κ3) is 3.63. The Labute approximate surface area is 88.0 Å². The fourth-order valence-electron chi connectivity index (χ4n) is 0.966. The first-order valence-corrected chi connectivity index (χ1v) is 4.59. The van der Waals surface area contributed by atoms with Gasteiger partial charge in [0.1, 0.15) is 5.60 Å². The molecule has 1 heterocycles. The molecule has 15 heavy (non-hydrogen) atoms. The maximum absolute atomic E-state index is 11.3. The highest BCUT2D eigenvalue weighted by molar-refractivity contribution is 5.83. The van der Waals surface area contributed by atoms with Crippen molar-refractivity contribution in [3.63, 3.8) is 0 Å². The van der Waals surface area contributed by atoms with Crippen molar-refractivity contribution < 1.29 is 19.1 Å². The van der Waals surface area contributed by atoms with Gasteiger partial charge in [-0.1, -0.05) is 0 Å². The number of carbonyl (C=O) groups is 1. The molecule has 0 aliphatic rings. The van der Waals surface area contributed by atoms with Gasteiger partial charge in [0.05, 0.1) is 12.9 Å². The molecule has 1 aromatic heterocycles. The summed E-state index contributed by atoms with van der Waals surface area (Å²) in [6.07, 6.45) is 0.783. The second-order valence-electron chi connectivity index (χ2n) is 4.06. The molecule has 0 unspecified atom stereocenters. The number of nitrogens with one attached hydrogen (secondary N) is 1. The van der Waals surface area contributed by atoms with E-state index in [1.807, 2.05) is 0 Å². The molecule has 0 bridgehead atoms. The molecule has 0 spiro atoms. The number of aliphatic hydroxyl groups is 1. The van der Waals surface area contributed by atoms with Crippen LogP contribution in [0.25, 0.3) is 0 Å². The van der Waals surface area contributed by atoms with Crippen LogP contribution in [0.5, 0.6) is 0 Å². The van der Waals surface area contributed by atoms with Crippen molar-refractivity contribution in [2.24, 2.45) is 0 Å². The van der Waals surface area contributed by atoms with Gasteiger partial charge in [0.25, 0.3) is 0 Å². The molecular weight excluding hydrogens is 198 g/mol. The molecule has 0 saturated heterocycles. The average molecular weight is 213 g/mol. The Balaban J connectivity index is 2.59. The summed E-state index contributed by atoms with van der Waals surface area (Å²) in [6.45, 7) is 5.10. The summed E-state index contributed by atoms with van der Waals surface area (Å²) in [4.78, 5) is 11.3. The Morgan fingerprint density at radius 2 is 2.27 bits per heavy atom. The van der Waals surface area contributed by atoms with Gasteiger partial charge in [-0.25, -0.2) is 4.79 Å². The van der Waals surface area contributed by atoms with E-state index >= 15 is 0 Å². The van der Waals surface area contributed by atoms with Gasteiger partial charge in [-0.3, -0.25) is 5.32 Å². The second-order valence-corrected chi connectivity index (χ2v) is 4.06. The van der Waals surface area contributed by atoms with Crippen LogP contribution in [-0.2, 0) is 11.3 Å². The average Bonchev–Trinajstić information content (AvgIpc) is 2.48. The molecule has 2 N–H and O–H groups in total. The molecule has 0 aliphatic carbocycles. The van der Waals surface area contributed by atoms with E-state index in [1.165, 1.54) is 6.26 Å². The van der Waals surface area contributed by atoms with Gasteiger partial charge < -0.3 is 14.3 Å². The zero-order chi connectivity index (χ0) is 11.5. The lowest BCUT2D eigenvalue weighted by molar-refractivity contribution is 0.0632. The number of hydrogen-bond donors (Lipinski definition) is 2. The van der Waals surface area contributed by atoms with Gasteiger partial charge >= 0.3 is 6.09 Å². The number of carbonyl (C=O) groups excluding carboxylic acids is 1. The molecule has 0 aliphatic heterocycles. The van der Waals surface area contributed by atoms with Crippen molar-refractivity contribution in [1.29, 1.82) is 0 Å². The number of hydrogen-bond acceptors (Lipinski definition) is 4. The van der Waals surface area contributed by atoms with E-state index in [4.69, 9.17) is 14.3 Å². The van der Waals surface area contributed by atoms with Crippen LogP contribution in [0.3, 0.4) is 0 Å². The number of aliphatic hydroxyl groups excluding tert-OH is 1. The standard InChI is InChI=1S/C10H15NO4/c1-10(2,3)15-9(13)11-8-7(6-12)4-5-14-8/h4-5,12H,6H2,1-3H3,(H,11,13). The molecule has 1 aromatic rings. The molecule has 0 fully saturated rings. The molecule has 1 amide bonds. The van der Waals surface area contributed by atoms with Crippen LogP contribution < -0.4 is 5.32 Å². The zero-order valence-corrected chi connectivity index (χ0v) is 9.03. The summed E-state index contributed by atoms with van der Waals surface area (Å²) in [5.74, 6) is 0.215. The van der Waals surface area contributed by atoms with E-state index in [-0.39, 0.29) is 12.5 Å². The van der Waals surface area contributed by atoms with Crippen molar-refractivity contribution in [3.8, 4) is 0 Å². The van der Waals surface area contributed by atoms with Crippen molar-refractivity contribution in [2.75, 3.05) is 5.32 Å². The normalized spacial score (nSPS) is 11.2. The minimum atomic E-state index is -0.604. The number of ether oxygens (including phenoxy) is 1. The number of rotatable bonds is 2. The lowest BCUT2D eigenvalue weighted by atomic mass is 10.2. The summed E-state index contributed by atoms with van der Waals surface area (Å²) in [5.41, 5.74) is -0.0448. The first-order valence-electron chi connectivity index (χ1n) is 4.59. The van der Waals surface area contributed by atoms with Gasteiger partial charge in [0.15, 0.2) is 0 Å². The molecule has 0 saturated carbocycles. The first kappa shape index (κ1) is 11.6. The van der Waals surface area contributed by atoms with E-state index in [9.17, 15) is 4.79 Å². The largest absolute Gasteiger partial charge is 0.448 e. The van der Waals surface area contributed by atoms with Gasteiger partial charge in [-0.2, -0.15) is 0 Å². The molecule has 0 aromatic carbocycles. The van der Waals surface area contributed by atoms with Crippen molar-refractivity contribution in [3.05, 3.63) is 17.9 Å². The quantitative estimate of drug-likeness (QED) is 0.789. The van der Waals surface area contributed by atoms with E-state index in [2.05, 4.69) is 5.32 Å². The summed E-state index contributed by atoms with van der Waals surface area (Å²) in [6, 6.07) is 1.58. The summed E-state index contributed by atoms with van der Waals surface area (Å²) >= 11 is 0. The highest BCUT2D eigenvalue weighted by atomic mass is 16.6. The van der Waals surface area contributed by atoms with Crippen LogP contribution >= 0.6 is 0 Å². The monoisotopic (exact) mass is 213 g/mol. The van der Waals surface area contributed by atoms with Crippen LogP contribution in [0.1, 0.15) is 26.3 Å². The van der Waals surface area contributed by atoms with Crippen molar-refractivity contribution in [1.82, 2.24) is 0 Å². The fourth-order valence-corrected chi connectivity index (χ4v) is 0.966. The Hall–Kier alpha value is -1.49. The highest BCUT2D eigenvalue weighted by Crippen LogP contribution is 2.17. The second kappa shape index (κ2) is 4.35. The van der Waals surface area contributed by atoms with E-state index in [0.29, 0.717) is 5.56 Å². The van der Waals surface area contributed by atoms with Crippen LogP contribution in [0.4, 0.5) is 10.7 Å². The molecule has 5 heteroatoms. The Morgan fingerprint density at radius 3 is 2.80 bits per heavy atom. The molecular formula is C10H15NO4. The van der Waals surface area contributed by atoms with Gasteiger partial charge in [0.2, 0.25) is 5.88 Å². The van der Waals surface area contributed by atoms with Crippen LogP contribution in [0.2, 0.25) is 0 Å². The molecule has 0 atom stereocenters. The summed E-state index contributed by atoms with van der Waals surface area (Å²) in [5, 5.41) is 11.3. The Bertz CT molecular complexity index is 337. The Kier molecular flexibility index (Phi) is 3.36. The van der Waals surface area contributed by atoms with Crippen molar-refractivity contribution in [2.45, 2.75) is 33.0 Å². The third-order valence-electron chi connectivity index (χ3n) is 1.53. The molecule has 84 valence electrons. The molecule has 5 nitrogen and oxygen atoms in total. The maximum atomic E-state index is 11.3. The van der Waals surface area contributed by atoms with E-state index in [1.54, 1.807) is 26.8 Å². The van der Waals surface area contributed by atoms with Crippen LogP contribution in [0, 0.1) is 0 Å². The van der Waals surface area contributed by atoms with E-state index < -0.39 is 11.7 Å². The SMILES string of the molecule is CC(C)(C)OC(=O)Nc1occc1CO. The van der Waals surface area contributed by atoms with Gasteiger partial charge in [0, 0.05) is 5.56 Å². The highest BCUT2D eigenvalue weighted by Gasteiger charge is 2.18. The third-order valence-corrected chi connectivity index (χ3v) is 1.53. The Morgan fingerprint density at radius 1 is 1.60 bits per heavy atom. The van der Waals surface area contributed by atoms with E-state index in [0.717, 1.165) is 0 Å². The first-order chi connectivity index (χ1) is 6.92. The maximum Gasteiger partial charge on any atom is 0.414 e. The number of anilines is 1. The summed E-state index contributed by atoms with van der Waals surface area (Å²) < 4.78 is 9.99. The predicted octanol–water partition coefficient (Wildman–Crippen LogP) is 2.12. The smallest absolute Gasteiger partial charge is 0.414 e. The molecule has 0 radical (unpaired) electrons. The van der Waals surface area contributed by atoms with Crippen LogP contribution in [-0.4, -0.2) is 16.8 Å². The number of furan rings is 1. The minimum absolute atomic E-state index is 0.193. The predicted molar refractivity (Wildman–Crippen MR) is 54.5 cm³/mol.